The van der Waals surface area contributed by atoms with Crippen molar-refractivity contribution in [1.82, 2.24) is 5.32 Å². The lowest BCUT2D eigenvalue weighted by Crippen LogP contribution is -2.29. The summed E-state index contributed by atoms with van der Waals surface area (Å²) in [4.78, 5) is 25.2. The smallest absolute Gasteiger partial charge is 0.336 e. The fraction of sp³-hybridized carbons (Fsp3) is 0.240. The van der Waals surface area contributed by atoms with Gasteiger partial charge in [-0.05, 0) is 44.2 Å². The highest BCUT2D eigenvalue weighted by Gasteiger charge is 2.36. The maximum atomic E-state index is 13.1. The fourth-order valence-electron chi connectivity index (χ4n) is 3.59. The number of nitriles is 1. The number of anilines is 1. The third-order valence-corrected chi connectivity index (χ3v) is 6.08. The van der Waals surface area contributed by atoms with E-state index < -0.39 is 17.7 Å². The van der Waals surface area contributed by atoms with Crippen LogP contribution in [0.3, 0.4) is 0 Å². The largest absolute Gasteiger partial charge is 0.494 e. The molecule has 3 rings (SSSR count). The highest BCUT2D eigenvalue weighted by atomic mass is 32.2. The molecule has 1 heterocycles. The van der Waals surface area contributed by atoms with Crippen molar-refractivity contribution in [3.8, 4) is 11.8 Å². The van der Waals surface area contributed by atoms with Crippen molar-refractivity contribution in [1.29, 1.82) is 5.26 Å². The van der Waals surface area contributed by atoms with Crippen molar-refractivity contribution in [2.24, 2.45) is 0 Å². The number of hydrogen-bond donors (Lipinski definition) is 2. The van der Waals surface area contributed by atoms with E-state index in [2.05, 4.69) is 16.7 Å². The molecule has 176 valence electrons. The second kappa shape index (κ2) is 11.4. The molecule has 7 nitrogen and oxygen atoms in total. The van der Waals surface area contributed by atoms with Crippen molar-refractivity contribution in [3.05, 3.63) is 81.8 Å². The number of dihydropyridines is 1. The molecule has 2 N–H and O–H groups in total. The Morgan fingerprint density at radius 2 is 1.91 bits per heavy atom. The van der Waals surface area contributed by atoms with Gasteiger partial charge in [0.05, 0.1) is 47.6 Å². The number of nitrogens with zero attached hydrogens (tertiary/aromatic N) is 1. The highest BCUT2D eigenvalue weighted by Crippen LogP contribution is 2.43. The molecule has 9 heteroatoms. The molecule has 0 spiro atoms. The van der Waals surface area contributed by atoms with Crippen LogP contribution in [0.1, 0.15) is 25.3 Å². The van der Waals surface area contributed by atoms with Gasteiger partial charge in [0.2, 0.25) is 5.91 Å². The molecule has 0 aromatic heterocycles. The van der Waals surface area contributed by atoms with Crippen LogP contribution in [-0.2, 0) is 14.3 Å². The molecule has 0 aliphatic carbocycles. The van der Waals surface area contributed by atoms with Crippen molar-refractivity contribution < 1.29 is 23.5 Å². The Bertz CT molecular complexity index is 1190. The summed E-state index contributed by atoms with van der Waals surface area (Å²) in [6, 6.07) is 14.9. The first-order chi connectivity index (χ1) is 16.4. The van der Waals surface area contributed by atoms with Gasteiger partial charge in [0.1, 0.15) is 11.6 Å². The van der Waals surface area contributed by atoms with Crippen LogP contribution < -0.4 is 15.4 Å². The van der Waals surface area contributed by atoms with Gasteiger partial charge in [0.15, 0.2) is 0 Å². The second-order valence-corrected chi connectivity index (χ2v) is 8.24. The van der Waals surface area contributed by atoms with E-state index in [9.17, 15) is 19.2 Å². The number of benzene rings is 2. The molecule has 34 heavy (non-hydrogen) atoms. The molecule has 0 fully saturated rings. The number of halogens is 1. The van der Waals surface area contributed by atoms with Crippen molar-refractivity contribution >= 4 is 29.3 Å². The average Bonchev–Trinajstić information content (AvgIpc) is 2.84. The fourth-order valence-corrected chi connectivity index (χ4v) is 4.48. The Balaban J connectivity index is 1.94. The topological polar surface area (TPSA) is 100 Å². The normalized spacial score (nSPS) is 15.3. The number of ether oxygens (including phenoxy) is 2. The van der Waals surface area contributed by atoms with Gasteiger partial charge in [-0.15, -0.1) is 0 Å². The van der Waals surface area contributed by atoms with Gasteiger partial charge in [-0.2, -0.15) is 5.26 Å². The molecule has 1 aliphatic rings. The number of methoxy groups -OCH3 is 1. The summed E-state index contributed by atoms with van der Waals surface area (Å²) in [6.07, 6.45) is 0. The summed E-state index contributed by atoms with van der Waals surface area (Å²) in [7, 11) is 1.29. The number of hydrogen-bond acceptors (Lipinski definition) is 7. The van der Waals surface area contributed by atoms with E-state index in [4.69, 9.17) is 9.47 Å². The first-order valence-electron chi connectivity index (χ1n) is 10.5. The van der Waals surface area contributed by atoms with Gasteiger partial charge in [0, 0.05) is 16.9 Å². The molecule has 1 aliphatic heterocycles. The molecule has 2 aromatic rings. The van der Waals surface area contributed by atoms with Gasteiger partial charge < -0.3 is 20.1 Å². The minimum atomic E-state index is -0.732. The summed E-state index contributed by atoms with van der Waals surface area (Å²) >= 11 is 1.14. The average molecular weight is 482 g/mol. The monoisotopic (exact) mass is 481 g/mol. The van der Waals surface area contributed by atoms with Crippen LogP contribution in [0, 0.1) is 17.1 Å². The number of amides is 1. The van der Waals surface area contributed by atoms with E-state index >= 15 is 0 Å². The maximum Gasteiger partial charge on any atom is 0.336 e. The Hall–Kier alpha value is -3.77. The van der Waals surface area contributed by atoms with Gasteiger partial charge >= 0.3 is 5.97 Å². The van der Waals surface area contributed by atoms with Crippen LogP contribution in [-0.4, -0.2) is 31.3 Å². The third-order valence-electron chi connectivity index (χ3n) is 5.06. The molecule has 1 amide bonds. The van der Waals surface area contributed by atoms with E-state index in [-0.39, 0.29) is 17.2 Å². The summed E-state index contributed by atoms with van der Waals surface area (Å²) in [6.45, 7) is 3.98. The zero-order chi connectivity index (χ0) is 24.7. The number of rotatable bonds is 8. The van der Waals surface area contributed by atoms with Gasteiger partial charge in [0.25, 0.3) is 0 Å². The van der Waals surface area contributed by atoms with E-state index in [1.807, 2.05) is 19.1 Å². The Kier molecular flexibility index (Phi) is 8.33. The van der Waals surface area contributed by atoms with Crippen molar-refractivity contribution in [2.75, 3.05) is 24.8 Å². The van der Waals surface area contributed by atoms with Crippen LogP contribution >= 0.6 is 11.8 Å². The molecule has 1 unspecified atom stereocenters. The zero-order valence-electron chi connectivity index (χ0n) is 19.0. The SMILES string of the molecule is CCOc1ccccc1C1C(C#N)=C(SCC(=O)Nc2ccc(F)cc2)NC(C)=C1C(=O)OC. The summed E-state index contributed by atoms with van der Waals surface area (Å²) in [5, 5.41) is 16.3. The molecular weight excluding hydrogens is 457 g/mol. The molecule has 0 saturated heterocycles. The van der Waals surface area contributed by atoms with Crippen LogP contribution in [0.15, 0.2) is 70.4 Å². The molecule has 0 radical (unpaired) electrons. The quantitative estimate of drug-likeness (QED) is 0.537. The predicted octanol–water partition coefficient (Wildman–Crippen LogP) is 4.47. The molecule has 2 aromatic carbocycles. The lowest BCUT2D eigenvalue weighted by molar-refractivity contribution is -0.136. The zero-order valence-corrected chi connectivity index (χ0v) is 19.8. The van der Waals surface area contributed by atoms with Gasteiger partial charge in [-0.3, -0.25) is 4.79 Å². The Labute approximate surface area is 201 Å². The minimum Gasteiger partial charge on any atom is -0.494 e. The summed E-state index contributed by atoms with van der Waals surface area (Å²) in [5.41, 5.74) is 2.20. The maximum absolute atomic E-state index is 13.1. The van der Waals surface area contributed by atoms with E-state index in [1.165, 1.54) is 31.4 Å². The number of carbonyl (C=O) groups is 2. The molecule has 0 saturated carbocycles. The lowest BCUT2D eigenvalue weighted by Gasteiger charge is -2.30. The summed E-state index contributed by atoms with van der Waals surface area (Å²) < 4.78 is 23.9. The standard InChI is InChI=1S/C25H24FN3O4S/c1-4-33-20-8-6-5-7-18(20)23-19(13-27)24(28-15(2)22(23)25(31)32-3)34-14-21(30)29-17-11-9-16(26)10-12-17/h5-12,23,28H,4,14H2,1-3H3,(H,29,30). The van der Waals surface area contributed by atoms with E-state index in [1.54, 1.807) is 19.1 Å². The van der Waals surface area contributed by atoms with Crippen molar-refractivity contribution in [3.63, 3.8) is 0 Å². The van der Waals surface area contributed by atoms with E-state index in [0.717, 1.165) is 11.8 Å². The van der Waals surface area contributed by atoms with Crippen molar-refractivity contribution in [2.45, 2.75) is 19.8 Å². The number of para-hydroxylation sites is 1. The van der Waals surface area contributed by atoms with Crippen LogP contribution in [0.25, 0.3) is 0 Å². The molecule has 0 bridgehead atoms. The van der Waals surface area contributed by atoms with E-state index in [0.29, 0.717) is 39.9 Å². The van der Waals surface area contributed by atoms with Gasteiger partial charge in [-0.1, -0.05) is 30.0 Å². The first kappa shape index (κ1) is 24.9. The Morgan fingerprint density at radius 1 is 1.21 bits per heavy atom. The first-order valence-corrected chi connectivity index (χ1v) is 11.5. The Morgan fingerprint density at radius 3 is 2.56 bits per heavy atom. The number of carbonyl (C=O) groups excluding carboxylic acids is 2. The third kappa shape index (κ3) is 5.58. The number of allylic oxidation sites excluding steroid dienone is 2. The highest BCUT2D eigenvalue weighted by molar-refractivity contribution is 8.03. The minimum absolute atomic E-state index is 0.00838. The number of thioether (sulfide) groups is 1. The number of nitrogens with one attached hydrogen (secondary N) is 2. The van der Waals surface area contributed by atoms with Crippen LogP contribution in [0.5, 0.6) is 5.75 Å². The van der Waals surface area contributed by atoms with Gasteiger partial charge in [-0.25, -0.2) is 9.18 Å². The van der Waals surface area contributed by atoms with Crippen LogP contribution in [0.2, 0.25) is 0 Å². The lowest BCUT2D eigenvalue weighted by atomic mass is 9.82. The second-order valence-electron chi connectivity index (χ2n) is 7.26. The van der Waals surface area contributed by atoms with Crippen LogP contribution in [0.4, 0.5) is 10.1 Å². The molecule has 1 atom stereocenters. The predicted molar refractivity (Wildman–Crippen MR) is 128 cm³/mol. The summed E-state index contributed by atoms with van der Waals surface area (Å²) in [5.74, 6) is -1.47. The number of esters is 1. The molecular formula is C25H24FN3O4S.